The van der Waals surface area contributed by atoms with Crippen molar-refractivity contribution in [1.29, 1.82) is 0 Å². The number of rotatable bonds is 4. The fraction of sp³-hybridized carbons (Fsp3) is 0. The summed E-state index contributed by atoms with van der Waals surface area (Å²) in [6.07, 6.45) is 0. The van der Waals surface area contributed by atoms with Crippen molar-refractivity contribution in [3.63, 3.8) is 0 Å². The monoisotopic (exact) mass is 447 g/mol. The summed E-state index contributed by atoms with van der Waals surface area (Å²) in [5.74, 6) is -0.602. The first-order valence-corrected chi connectivity index (χ1v) is 11.3. The first-order valence-electron chi connectivity index (χ1n) is 9.21. The lowest BCUT2D eigenvalue weighted by molar-refractivity contribution is -0.119. The molecule has 2 heterocycles. The Hall–Kier alpha value is -2.86. The van der Waals surface area contributed by atoms with Gasteiger partial charge in [-0.05, 0) is 47.2 Å². The van der Waals surface area contributed by atoms with Crippen LogP contribution in [0.3, 0.4) is 0 Å². The van der Waals surface area contributed by atoms with Gasteiger partial charge < -0.3 is 0 Å². The van der Waals surface area contributed by atoms with Crippen LogP contribution in [-0.4, -0.2) is 11.8 Å². The van der Waals surface area contributed by atoms with Crippen LogP contribution in [0.2, 0.25) is 5.02 Å². The zero-order chi connectivity index (χ0) is 20.7. The van der Waals surface area contributed by atoms with E-state index in [9.17, 15) is 9.59 Å². The molecule has 1 aliphatic rings. The van der Waals surface area contributed by atoms with Gasteiger partial charge in [-0.15, -0.1) is 11.3 Å². The zero-order valence-corrected chi connectivity index (χ0v) is 17.9. The van der Waals surface area contributed by atoms with Gasteiger partial charge in [0.05, 0.1) is 16.2 Å². The van der Waals surface area contributed by atoms with Crippen molar-refractivity contribution in [2.45, 2.75) is 4.90 Å². The summed E-state index contributed by atoms with van der Waals surface area (Å²) in [7, 11) is 0. The number of carbonyl (C=O) groups is 2. The van der Waals surface area contributed by atoms with Crippen LogP contribution >= 0.6 is 34.7 Å². The number of imide groups is 1. The van der Waals surface area contributed by atoms with E-state index in [1.165, 1.54) is 28.0 Å². The Kier molecular flexibility index (Phi) is 4.95. The van der Waals surface area contributed by atoms with Gasteiger partial charge in [-0.1, -0.05) is 65.8 Å². The maximum atomic E-state index is 13.5. The van der Waals surface area contributed by atoms with Crippen LogP contribution in [0.5, 0.6) is 0 Å². The highest BCUT2D eigenvalue weighted by Crippen LogP contribution is 2.43. The molecule has 3 nitrogen and oxygen atoms in total. The van der Waals surface area contributed by atoms with Gasteiger partial charge in [0, 0.05) is 20.2 Å². The molecule has 1 aliphatic heterocycles. The van der Waals surface area contributed by atoms with Gasteiger partial charge in [-0.2, -0.15) is 0 Å². The molecule has 0 saturated carbocycles. The number of anilines is 1. The van der Waals surface area contributed by atoms with E-state index < -0.39 is 0 Å². The third-order valence-corrected chi connectivity index (χ3v) is 7.08. The highest BCUT2D eigenvalue weighted by Gasteiger charge is 2.41. The Morgan fingerprint density at radius 1 is 0.800 bits per heavy atom. The molecule has 146 valence electrons. The van der Waals surface area contributed by atoms with Crippen LogP contribution in [-0.2, 0) is 9.59 Å². The van der Waals surface area contributed by atoms with E-state index in [1.807, 2.05) is 72.1 Å². The molecule has 2 amide bonds. The SMILES string of the molecule is O=C1C(Sc2ccc(Cl)cc2)=C(c2cccs2)C(=O)N1c1cccc2ccccc12. The molecule has 0 atom stereocenters. The summed E-state index contributed by atoms with van der Waals surface area (Å²) in [6, 6.07) is 24.4. The number of hydrogen-bond donors (Lipinski definition) is 0. The lowest BCUT2D eigenvalue weighted by Gasteiger charge is -2.17. The number of nitrogens with zero attached hydrogens (tertiary/aromatic N) is 1. The predicted molar refractivity (Wildman–Crippen MR) is 125 cm³/mol. The van der Waals surface area contributed by atoms with Crippen LogP contribution in [0.15, 0.2) is 94.0 Å². The molecule has 0 saturated heterocycles. The largest absolute Gasteiger partial charge is 0.272 e. The molecule has 1 aromatic heterocycles. The van der Waals surface area contributed by atoms with E-state index in [2.05, 4.69) is 0 Å². The van der Waals surface area contributed by atoms with Crippen LogP contribution in [0.1, 0.15) is 4.88 Å². The maximum Gasteiger partial charge on any atom is 0.272 e. The minimum atomic E-state index is -0.306. The molecular weight excluding hydrogens is 434 g/mol. The van der Waals surface area contributed by atoms with Crippen molar-refractivity contribution >= 4 is 68.5 Å². The molecule has 5 rings (SSSR count). The Labute approximate surface area is 186 Å². The molecule has 0 unspecified atom stereocenters. The third kappa shape index (κ3) is 3.25. The van der Waals surface area contributed by atoms with Gasteiger partial charge in [0.25, 0.3) is 11.8 Å². The molecule has 3 aromatic carbocycles. The summed E-state index contributed by atoms with van der Waals surface area (Å²) in [5.41, 5.74) is 1.05. The van der Waals surface area contributed by atoms with Gasteiger partial charge in [-0.25, -0.2) is 4.90 Å². The lowest BCUT2D eigenvalue weighted by atomic mass is 10.1. The first-order chi connectivity index (χ1) is 14.6. The number of thioether (sulfide) groups is 1. The van der Waals surface area contributed by atoms with Crippen molar-refractivity contribution in [3.8, 4) is 0 Å². The average Bonchev–Trinajstić information content (AvgIpc) is 3.36. The fourth-order valence-electron chi connectivity index (χ4n) is 3.49. The van der Waals surface area contributed by atoms with E-state index in [4.69, 9.17) is 11.6 Å². The first kappa shape index (κ1) is 19.1. The molecule has 30 heavy (non-hydrogen) atoms. The third-order valence-electron chi connectivity index (χ3n) is 4.85. The second-order valence-electron chi connectivity index (χ2n) is 6.68. The molecule has 0 aliphatic carbocycles. The highest BCUT2D eigenvalue weighted by molar-refractivity contribution is 8.04. The Balaban J connectivity index is 1.64. The standard InChI is InChI=1S/C24H14ClNO2S2/c25-16-10-12-17(13-11-16)30-22-21(20-9-4-14-29-20)23(27)26(24(22)28)19-8-3-6-15-5-1-2-7-18(15)19/h1-14H. The summed E-state index contributed by atoms with van der Waals surface area (Å²) in [5, 5.41) is 4.38. The van der Waals surface area contributed by atoms with Crippen molar-refractivity contribution in [2.75, 3.05) is 4.90 Å². The minimum absolute atomic E-state index is 0.296. The molecule has 4 aromatic rings. The van der Waals surface area contributed by atoms with Crippen LogP contribution in [0.25, 0.3) is 16.3 Å². The van der Waals surface area contributed by atoms with E-state index in [1.54, 1.807) is 12.1 Å². The van der Waals surface area contributed by atoms with Crippen molar-refractivity contribution in [1.82, 2.24) is 0 Å². The van der Waals surface area contributed by atoms with Crippen LogP contribution < -0.4 is 4.90 Å². The smallest absolute Gasteiger partial charge is 0.268 e. The number of benzene rings is 3. The van der Waals surface area contributed by atoms with Gasteiger partial charge in [-0.3, -0.25) is 9.59 Å². The summed E-state index contributed by atoms with van der Waals surface area (Å²) in [4.78, 5) is 30.4. The lowest BCUT2D eigenvalue weighted by Crippen LogP contribution is -2.31. The van der Waals surface area contributed by atoms with E-state index in [0.29, 0.717) is 21.2 Å². The Morgan fingerprint density at radius 2 is 1.57 bits per heavy atom. The molecule has 0 bridgehead atoms. The number of amides is 2. The molecular formula is C24H14ClNO2S2. The fourth-order valence-corrected chi connectivity index (χ4v) is 5.43. The minimum Gasteiger partial charge on any atom is -0.268 e. The number of thiophene rings is 1. The molecule has 0 fully saturated rings. The Morgan fingerprint density at radius 3 is 2.33 bits per heavy atom. The quantitative estimate of drug-likeness (QED) is 0.329. The highest BCUT2D eigenvalue weighted by atomic mass is 35.5. The molecule has 6 heteroatoms. The van der Waals surface area contributed by atoms with Crippen molar-refractivity contribution in [3.05, 3.63) is 99.0 Å². The second-order valence-corrected chi connectivity index (χ2v) is 9.15. The van der Waals surface area contributed by atoms with E-state index in [-0.39, 0.29) is 11.8 Å². The predicted octanol–water partition coefficient (Wildman–Crippen LogP) is 6.63. The number of carbonyl (C=O) groups excluding carboxylic acids is 2. The summed E-state index contributed by atoms with van der Waals surface area (Å²) >= 11 is 8.75. The van der Waals surface area contributed by atoms with E-state index >= 15 is 0 Å². The Bertz CT molecular complexity index is 1310. The van der Waals surface area contributed by atoms with Gasteiger partial charge in [0.2, 0.25) is 0 Å². The van der Waals surface area contributed by atoms with E-state index in [0.717, 1.165) is 20.5 Å². The number of halogens is 1. The van der Waals surface area contributed by atoms with Gasteiger partial charge in [0.1, 0.15) is 0 Å². The normalized spacial score (nSPS) is 14.2. The number of hydrogen-bond acceptors (Lipinski definition) is 4. The maximum absolute atomic E-state index is 13.5. The van der Waals surface area contributed by atoms with Crippen molar-refractivity contribution < 1.29 is 9.59 Å². The van der Waals surface area contributed by atoms with Crippen LogP contribution in [0, 0.1) is 0 Å². The second kappa shape index (κ2) is 7.76. The number of fused-ring (bicyclic) bond motifs is 1. The average molecular weight is 448 g/mol. The molecule has 0 radical (unpaired) electrons. The van der Waals surface area contributed by atoms with Crippen molar-refractivity contribution in [2.24, 2.45) is 0 Å². The zero-order valence-electron chi connectivity index (χ0n) is 15.5. The van der Waals surface area contributed by atoms with Crippen LogP contribution in [0.4, 0.5) is 5.69 Å². The molecule has 0 N–H and O–H groups in total. The molecule has 0 spiro atoms. The van der Waals surface area contributed by atoms with Gasteiger partial charge in [0.15, 0.2) is 0 Å². The summed E-state index contributed by atoms with van der Waals surface area (Å²) < 4.78 is 0. The summed E-state index contributed by atoms with van der Waals surface area (Å²) in [6.45, 7) is 0. The topological polar surface area (TPSA) is 37.4 Å². The van der Waals surface area contributed by atoms with Gasteiger partial charge >= 0.3 is 0 Å².